The molecule has 156 valence electrons. The van der Waals surface area contributed by atoms with Gasteiger partial charge in [-0.1, -0.05) is 24.3 Å². The zero-order chi connectivity index (χ0) is 22.0. The highest BCUT2D eigenvalue weighted by molar-refractivity contribution is 5.90. The molecule has 31 heavy (non-hydrogen) atoms. The number of pyridine rings is 1. The molecule has 6 heteroatoms. The molecule has 2 aromatic carbocycles. The maximum absolute atomic E-state index is 13.2. The van der Waals surface area contributed by atoms with Crippen molar-refractivity contribution < 1.29 is 13.9 Å². The third-order valence-electron chi connectivity index (χ3n) is 5.49. The van der Waals surface area contributed by atoms with E-state index in [1.807, 2.05) is 31.2 Å². The molecule has 0 N–H and O–H groups in total. The number of methoxy groups -OCH3 is 1. The SMILES string of the molecule is COc1ccc(Cn2c(C)c(C)c3cc(C#N)nc(OCc4ccc(F)cc4)c32)cc1. The van der Waals surface area contributed by atoms with Crippen molar-refractivity contribution >= 4 is 10.9 Å². The number of halogens is 1. The van der Waals surface area contributed by atoms with Gasteiger partial charge in [0.1, 0.15) is 35.5 Å². The molecule has 0 aliphatic rings. The lowest BCUT2D eigenvalue weighted by Gasteiger charge is -2.13. The number of benzene rings is 2. The lowest BCUT2D eigenvalue weighted by Crippen LogP contribution is -2.05. The van der Waals surface area contributed by atoms with Crippen molar-refractivity contribution in [2.24, 2.45) is 0 Å². The van der Waals surface area contributed by atoms with E-state index < -0.39 is 0 Å². The Morgan fingerprint density at radius 1 is 1.03 bits per heavy atom. The molecule has 0 radical (unpaired) electrons. The van der Waals surface area contributed by atoms with Crippen LogP contribution in [0, 0.1) is 31.0 Å². The fourth-order valence-corrected chi connectivity index (χ4v) is 3.63. The van der Waals surface area contributed by atoms with Gasteiger partial charge in [0.15, 0.2) is 0 Å². The van der Waals surface area contributed by atoms with Crippen LogP contribution in [0.3, 0.4) is 0 Å². The summed E-state index contributed by atoms with van der Waals surface area (Å²) in [4.78, 5) is 4.44. The topological polar surface area (TPSA) is 60.1 Å². The van der Waals surface area contributed by atoms with Crippen molar-refractivity contribution in [2.75, 3.05) is 7.11 Å². The Morgan fingerprint density at radius 3 is 2.35 bits per heavy atom. The van der Waals surface area contributed by atoms with Crippen LogP contribution in [-0.2, 0) is 13.2 Å². The Hall–Kier alpha value is -3.85. The molecule has 4 aromatic rings. The van der Waals surface area contributed by atoms with Crippen LogP contribution in [-0.4, -0.2) is 16.7 Å². The van der Waals surface area contributed by atoms with Crippen LogP contribution in [0.4, 0.5) is 4.39 Å². The lowest BCUT2D eigenvalue weighted by molar-refractivity contribution is 0.296. The fraction of sp³-hybridized carbons (Fsp3) is 0.200. The first kappa shape index (κ1) is 20.4. The number of fused-ring (bicyclic) bond motifs is 1. The highest BCUT2D eigenvalue weighted by atomic mass is 19.1. The quantitative estimate of drug-likeness (QED) is 0.429. The molecule has 0 unspecified atom stereocenters. The molecule has 2 aromatic heterocycles. The predicted octanol–water partition coefficient (Wildman–Crippen LogP) is 5.30. The molecule has 0 aliphatic carbocycles. The Balaban J connectivity index is 1.77. The molecule has 0 fully saturated rings. The maximum atomic E-state index is 13.2. The number of nitriles is 1. The summed E-state index contributed by atoms with van der Waals surface area (Å²) in [6.07, 6.45) is 0. The molecule has 2 heterocycles. The van der Waals surface area contributed by atoms with Gasteiger partial charge in [0, 0.05) is 17.6 Å². The van der Waals surface area contributed by atoms with Crippen LogP contribution in [0.5, 0.6) is 11.6 Å². The highest BCUT2D eigenvalue weighted by Crippen LogP contribution is 2.33. The molecular formula is C25H22FN3O2. The number of nitrogens with zero attached hydrogens (tertiary/aromatic N) is 3. The van der Waals surface area contributed by atoms with Gasteiger partial charge in [-0.25, -0.2) is 9.37 Å². The first-order valence-electron chi connectivity index (χ1n) is 9.91. The second-order valence-electron chi connectivity index (χ2n) is 7.38. The summed E-state index contributed by atoms with van der Waals surface area (Å²) in [7, 11) is 1.64. The van der Waals surface area contributed by atoms with Gasteiger partial charge in [-0.05, 0) is 60.9 Å². The van der Waals surface area contributed by atoms with Crippen molar-refractivity contribution in [1.29, 1.82) is 5.26 Å². The van der Waals surface area contributed by atoms with Gasteiger partial charge in [-0.3, -0.25) is 0 Å². The molecule has 0 aliphatic heterocycles. The molecular weight excluding hydrogens is 393 g/mol. The van der Waals surface area contributed by atoms with E-state index in [1.54, 1.807) is 25.3 Å². The van der Waals surface area contributed by atoms with Crippen molar-refractivity contribution in [3.8, 4) is 17.7 Å². The number of hydrogen-bond acceptors (Lipinski definition) is 4. The van der Waals surface area contributed by atoms with E-state index in [0.717, 1.165) is 39.0 Å². The highest BCUT2D eigenvalue weighted by Gasteiger charge is 2.19. The van der Waals surface area contributed by atoms with E-state index in [2.05, 4.69) is 22.5 Å². The van der Waals surface area contributed by atoms with Crippen LogP contribution in [0.1, 0.15) is 28.1 Å². The number of hydrogen-bond donors (Lipinski definition) is 0. The minimum atomic E-state index is -0.296. The van der Waals surface area contributed by atoms with Crippen LogP contribution in [0.2, 0.25) is 0 Å². The standard InChI is InChI=1S/C25H22FN3O2/c1-16-17(2)29(14-18-6-10-22(30-3)11-7-18)24-23(16)12-21(13-27)28-25(24)31-15-19-4-8-20(26)9-5-19/h4-12H,14-15H2,1-3H3. The summed E-state index contributed by atoms with van der Waals surface area (Å²) in [6.45, 7) is 4.94. The van der Waals surface area contributed by atoms with E-state index in [-0.39, 0.29) is 12.4 Å². The van der Waals surface area contributed by atoms with Crippen LogP contribution >= 0.6 is 0 Å². The Bertz CT molecular complexity index is 1270. The third-order valence-corrected chi connectivity index (χ3v) is 5.49. The summed E-state index contributed by atoms with van der Waals surface area (Å²) in [5, 5.41) is 10.4. The summed E-state index contributed by atoms with van der Waals surface area (Å²) in [5.74, 6) is 0.899. The van der Waals surface area contributed by atoms with Crippen molar-refractivity contribution in [1.82, 2.24) is 9.55 Å². The van der Waals surface area contributed by atoms with Gasteiger partial charge in [0.25, 0.3) is 0 Å². The van der Waals surface area contributed by atoms with Crippen molar-refractivity contribution in [3.63, 3.8) is 0 Å². The smallest absolute Gasteiger partial charge is 0.240 e. The van der Waals surface area contributed by atoms with Crippen LogP contribution in [0.15, 0.2) is 54.6 Å². The first-order valence-corrected chi connectivity index (χ1v) is 9.91. The van der Waals surface area contributed by atoms with E-state index >= 15 is 0 Å². The first-order chi connectivity index (χ1) is 15.0. The monoisotopic (exact) mass is 415 g/mol. The molecule has 0 bridgehead atoms. The molecule has 0 atom stereocenters. The van der Waals surface area contributed by atoms with Crippen molar-refractivity contribution in [2.45, 2.75) is 27.0 Å². The van der Waals surface area contributed by atoms with Gasteiger partial charge in [0.05, 0.1) is 7.11 Å². The second kappa shape index (κ2) is 8.49. The summed E-state index contributed by atoms with van der Waals surface area (Å²) in [5.41, 5.74) is 5.22. The molecule has 5 nitrogen and oxygen atoms in total. The Labute approximate surface area is 180 Å². The fourth-order valence-electron chi connectivity index (χ4n) is 3.63. The summed E-state index contributed by atoms with van der Waals surface area (Å²) in [6, 6.07) is 18.0. The summed E-state index contributed by atoms with van der Waals surface area (Å²) < 4.78 is 26.7. The normalized spacial score (nSPS) is 10.8. The average Bonchev–Trinajstić information content (AvgIpc) is 3.03. The van der Waals surface area contributed by atoms with Gasteiger partial charge in [0.2, 0.25) is 5.88 Å². The molecule has 0 amide bonds. The third kappa shape index (κ3) is 4.08. The lowest BCUT2D eigenvalue weighted by atomic mass is 10.1. The number of aromatic nitrogens is 2. The van der Waals surface area contributed by atoms with Gasteiger partial charge in [-0.15, -0.1) is 0 Å². The van der Waals surface area contributed by atoms with Gasteiger partial charge in [-0.2, -0.15) is 5.26 Å². The average molecular weight is 415 g/mol. The van der Waals surface area contributed by atoms with Crippen LogP contribution < -0.4 is 9.47 Å². The molecule has 0 saturated heterocycles. The van der Waals surface area contributed by atoms with Crippen molar-refractivity contribution in [3.05, 3.63) is 88.5 Å². The predicted molar refractivity (Wildman–Crippen MR) is 117 cm³/mol. The summed E-state index contributed by atoms with van der Waals surface area (Å²) >= 11 is 0. The van der Waals surface area contributed by atoms with E-state index in [4.69, 9.17) is 9.47 Å². The van der Waals surface area contributed by atoms with Gasteiger partial charge >= 0.3 is 0 Å². The number of ether oxygens (including phenoxy) is 2. The minimum Gasteiger partial charge on any atom is -0.497 e. The Kier molecular flexibility index (Phi) is 5.59. The zero-order valence-electron chi connectivity index (χ0n) is 17.6. The second-order valence-corrected chi connectivity index (χ2v) is 7.38. The largest absolute Gasteiger partial charge is 0.497 e. The van der Waals surface area contributed by atoms with Gasteiger partial charge < -0.3 is 14.0 Å². The minimum absolute atomic E-state index is 0.225. The number of aryl methyl sites for hydroxylation is 1. The Morgan fingerprint density at radius 2 is 1.71 bits per heavy atom. The van der Waals surface area contributed by atoms with Crippen LogP contribution in [0.25, 0.3) is 10.9 Å². The van der Waals surface area contributed by atoms with E-state index in [1.165, 1.54) is 12.1 Å². The molecule has 4 rings (SSSR count). The number of rotatable bonds is 6. The zero-order valence-corrected chi connectivity index (χ0v) is 17.6. The maximum Gasteiger partial charge on any atom is 0.240 e. The molecule has 0 spiro atoms. The van der Waals surface area contributed by atoms with E-state index in [0.29, 0.717) is 18.1 Å². The molecule has 0 saturated carbocycles. The van der Waals surface area contributed by atoms with E-state index in [9.17, 15) is 9.65 Å².